The summed E-state index contributed by atoms with van der Waals surface area (Å²) in [5, 5.41) is 8.37. The predicted molar refractivity (Wildman–Crippen MR) is 55.0 cm³/mol. The van der Waals surface area contributed by atoms with E-state index in [2.05, 4.69) is 12.6 Å². The predicted octanol–water partition coefficient (Wildman–Crippen LogP) is 2.46. The van der Waals surface area contributed by atoms with Gasteiger partial charge in [-0.05, 0) is 17.7 Å². The highest BCUT2D eigenvalue weighted by atomic mass is 32.1. The molecule has 0 saturated heterocycles. The largest absolute Gasteiger partial charge is 0.481 e. The molecule has 0 atom stereocenters. The molecule has 0 unspecified atom stereocenters. The second-order valence-corrected chi connectivity index (χ2v) is 3.11. The first-order valence-corrected chi connectivity index (χ1v) is 4.30. The third-order valence-corrected chi connectivity index (χ3v) is 1.79. The number of carbonyl (C=O) groups is 1. The third kappa shape index (κ3) is 3.80. The zero-order valence-corrected chi connectivity index (χ0v) is 7.87. The van der Waals surface area contributed by atoms with Gasteiger partial charge in [0.15, 0.2) is 0 Å². The van der Waals surface area contributed by atoms with E-state index in [1.807, 2.05) is 24.3 Å². The van der Waals surface area contributed by atoms with Crippen molar-refractivity contribution < 1.29 is 9.90 Å². The highest BCUT2D eigenvalue weighted by molar-refractivity contribution is 7.80. The van der Waals surface area contributed by atoms with Gasteiger partial charge in [0, 0.05) is 4.90 Å². The summed E-state index contributed by atoms with van der Waals surface area (Å²) in [6.45, 7) is 0. The quantitative estimate of drug-likeness (QED) is 0.725. The van der Waals surface area contributed by atoms with Crippen molar-refractivity contribution in [3.05, 3.63) is 35.9 Å². The van der Waals surface area contributed by atoms with Crippen molar-refractivity contribution >= 4 is 24.7 Å². The lowest BCUT2D eigenvalue weighted by Crippen LogP contribution is -1.89. The van der Waals surface area contributed by atoms with Crippen LogP contribution in [0.25, 0.3) is 6.08 Å². The Bertz CT molecular complexity index is 314. The molecule has 68 valence electrons. The zero-order valence-electron chi connectivity index (χ0n) is 6.97. The highest BCUT2D eigenvalue weighted by Crippen LogP contribution is 2.09. The first-order valence-electron chi connectivity index (χ1n) is 3.86. The Morgan fingerprint density at radius 2 is 2.00 bits per heavy atom. The van der Waals surface area contributed by atoms with Crippen LogP contribution < -0.4 is 0 Å². The lowest BCUT2D eigenvalue weighted by Gasteiger charge is -1.93. The monoisotopic (exact) mass is 194 g/mol. The minimum Gasteiger partial charge on any atom is -0.481 e. The average Bonchev–Trinajstić information content (AvgIpc) is 2.08. The van der Waals surface area contributed by atoms with E-state index in [1.54, 1.807) is 12.2 Å². The summed E-state index contributed by atoms with van der Waals surface area (Å²) in [5.41, 5.74) is 0.985. The van der Waals surface area contributed by atoms with Gasteiger partial charge < -0.3 is 5.11 Å². The van der Waals surface area contributed by atoms with Gasteiger partial charge >= 0.3 is 5.97 Å². The molecular weight excluding hydrogens is 184 g/mol. The van der Waals surface area contributed by atoms with Crippen LogP contribution in [0.1, 0.15) is 12.0 Å². The molecule has 1 aromatic rings. The fraction of sp³-hybridized carbons (Fsp3) is 0.100. The lowest BCUT2D eigenvalue weighted by atomic mass is 10.2. The Hall–Kier alpha value is -1.22. The maximum Gasteiger partial charge on any atom is 0.307 e. The molecule has 0 saturated carbocycles. The molecule has 0 aliphatic carbocycles. The molecule has 2 nitrogen and oxygen atoms in total. The van der Waals surface area contributed by atoms with Gasteiger partial charge in [-0.25, -0.2) is 0 Å². The van der Waals surface area contributed by atoms with E-state index in [-0.39, 0.29) is 6.42 Å². The Morgan fingerprint density at radius 1 is 1.38 bits per heavy atom. The number of carboxylic acid groups (broad SMARTS) is 1. The van der Waals surface area contributed by atoms with Crippen molar-refractivity contribution in [1.29, 1.82) is 0 Å². The number of rotatable bonds is 3. The number of carboxylic acids is 1. The second kappa shape index (κ2) is 4.72. The van der Waals surface area contributed by atoms with E-state index in [0.717, 1.165) is 10.5 Å². The normalized spacial score (nSPS) is 10.5. The Kier molecular flexibility index (Phi) is 3.58. The van der Waals surface area contributed by atoms with Gasteiger partial charge in [-0.15, -0.1) is 12.6 Å². The van der Waals surface area contributed by atoms with E-state index >= 15 is 0 Å². The van der Waals surface area contributed by atoms with Crippen LogP contribution in [-0.2, 0) is 4.79 Å². The number of aliphatic carboxylic acids is 1. The van der Waals surface area contributed by atoms with Crippen LogP contribution in [0.5, 0.6) is 0 Å². The molecular formula is C10H10O2S. The van der Waals surface area contributed by atoms with Gasteiger partial charge in [0.2, 0.25) is 0 Å². The molecule has 1 aromatic carbocycles. The second-order valence-electron chi connectivity index (χ2n) is 2.59. The van der Waals surface area contributed by atoms with Crippen molar-refractivity contribution in [1.82, 2.24) is 0 Å². The lowest BCUT2D eigenvalue weighted by molar-refractivity contribution is -0.135. The van der Waals surface area contributed by atoms with Crippen molar-refractivity contribution in [3.63, 3.8) is 0 Å². The standard InChI is InChI=1S/C10H10O2S/c11-10(12)3-1-2-8-4-6-9(13)7-5-8/h1-2,4-7,13H,3H2,(H,11,12). The maximum atomic E-state index is 10.2. The van der Waals surface area contributed by atoms with Crippen molar-refractivity contribution in [3.8, 4) is 0 Å². The molecule has 13 heavy (non-hydrogen) atoms. The minimum absolute atomic E-state index is 0.0582. The average molecular weight is 194 g/mol. The number of thiol groups is 1. The summed E-state index contributed by atoms with van der Waals surface area (Å²) in [7, 11) is 0. The van der Waals surface area contributed by atoms with Crippen LogP contribution in [0.15, 0.2) is 35.2 Å². The fourth-order valence-corrected chi connectivity index (χ4v) is 1.03. The Labute approximate surface area is 82.3 Å². The maximum absolute atomic E-state index is 10.2. The molecule has 1 rings (SSSR count). The van der Waals surface area contributed by atoms with Gasteiger partial charge in [-0.3, -0.25) is 4.79 Å². The number of hydrogen-bond acceptors (Lipinski definition) is 2. The van der Waals surface area contributed by atoms with E-state index in [9.17, 15) is 4.79 Å². The van der Waals surface area contributed by atoms with Crippen LogP contribution in [-0.4, -0.2) is 11.1 Å². The molecule has 0 heterocycles. The van der Waals surface area contributed by atoms with Gasteiger partial charge in [0.05, 0.1) is 6.42 Å². The highest BCUT2D eigenvalue weighted by Gasteiger charge is 1.90. The van der Waals surface area contributed by atoms with Gasteiger partial charge in [-0.1, -0.05) is 24.3 Å². The summed E-state index contributed by atoms with van der Waals surface area (Å²) < 4.78 is 0. The Morgan fingerprint density at radius 3 is 2.54 bits per heavy atom. The topological polar surface area (TPSA) is 37.3 Å². The van der Waals surface area contributed by atoms with Gasteiger partial charge in [-0.2, -0.15) is 0 Å². The van der Waals surface area contributed by atoms with Crippen LogP contribution in [0, 0.1) is 0 Å². The first kappa shape index (κ1) is 9.86. The van der Waals surface area contributed by atoms with Crippen molar-refractivity contribution in [2.24, 2.45) is 0 Å². The van der Waals surface area contributed by atoms with Gasteiger partial charge in [0.25, 0.3) is 0 Å². The summed E-state index contributed by atoms with van der Waals surface area (Å²) in [5.74, 6) is -0.818. The molecule has 0 amide bonds. The number of hydrogen-bond donors (Lipinski definition) is 2. The number of benzene rings is 1. The molecule has 0 bridgehead atoms. The fourth-order valence-electron chi connectivity index (χ4n) is 0.881. The van der Waals surface area contributed by atoms with Crippen LogP contribution in [0.3, 0.4) is 0 Å². The molecule has 0 aromatic heterocycles. The SMILES string of the molecule is O=C(O)CC=Cc1ccc(S)cc1. The van der Waals surface area contributed by atoms with Crippen molar-refractivity contribution in [2.45, 2.75) is 11.3 Å². The van der Waals surface area contributed by atoms with Crippen LogP contribution in [0.4, 0.5) is 0 Å². The molecule has 0 aliphatic heterocycles. The van der Waals surface area contributed by atoms with Crippen LogP contribution >= 0.6 is 12.6 Å². The van der Waals surface area contributed by atoms with Crippen LogP contribution in [0.2, 0.25) is 0 Å². The first-order chi connectivity index (χ1) is 6.18. The van der Waals surface area contributed by atoms with Gasteiger partial charge in [0.1, 0.15) is 0 Å². The third-order valence-electron chi connectivity index (χ3n) is 1.50. The molecule has 0 radical (unpaired) electrons. The molecule has 3 heteroatoms. The van der Waals surface area contributed by atoms with E-state index in [1.165, 1.54) is 0 Å². The Balaban J connectivity index is 2.59. The summed E-state index contributed by atoms with van der Waals surface area (Å²) >= 11 is 4.14. The van der Waals surface area contributed by atoms with E-state index in [0.29, 0.717) is 0 Å². The zero-order chi connectivity index (χ0) is 9.68. The summed E-state index contributed by atoms with van der Waals surface area (Å²) in [6, 6.07) is 7.51. The van der Waals surface area contributed by atoms with E-state index in [4.69, 9.17) is 5.11 Å². The molecule has 0 spiro atoms. The smallest absolute Gasteiger partial charge is 0.307 e. The minimum atomic E-state index is -0.818. The van der Waals surface area contributed by atoms with E-state index < -0.39 is 5.97 Å². The molecule has 1 N–H and O–H groups in total. The van der Waals surface area contributed by atoms with Crippen molar-refractivity contribution in [2.75, 3.05) is 0 Å². The summed E-state index contributed by atoms with van der Waals surface area (Å²) in [4.78, 5) is 11.1. The molecule has 0 aliphatic rings. The molecule has 0 fully saturated rings. The summed E-state index contributed by atoms with van der Waals surface area (Å²) in [6.07, 6.45) is 3.46.